The van der Waals surface area contributed by atoms with Crippen LogP contribution < -0.4 is 0 Å². The van der Waals surface area contributed by atoms with E-state index in [1.54, 1.807) is 6.92 Å². The molecule has 47 heavy (non-hydrogen) atoms. The molecule has 9 nitrogen and oxygen atoms in total. The lowest BCUT2D eigenvalue weighted by atomic mass is 9.46. The predicted molar refractivity (Wildman–Crippen MR) is 175 cm³/mol. The molecule has 0 aromatic rings. The van der Waals surface area contributed by atoms with Crippen LogP contribution in [0.4, 0.5) is 0 Å². The SMILES string of the molecule is CCOC(O)CC(C)CC1CCC(C2CCC(O)C3C(=O)C4C(O)[C@]5(O)C(O)C(C(O)CC)C(O)C[C@@H]5C[C@@H]4CC23)C2CCCCC12. The smallest absolute Gasteiger partial charge is 0.154 e. The summed E-state index contributed by atoms with van der Waals surface area (Å²) in [5.74, 6) is -0.233. The number of hydrogen-bond donors (Lipinski definition) is 7. The van der Waals surface area contributed by atoms with Crippen LogP contribution in [0.1, 0.15) is 111 Å². The number of ketones is 1. The van der Waals surface area contributed by atoms with Crippen molar-refractivity contribution in [3.8, 4) is 0 Å². The maximum Gasteiger partial charge on any atom is 0.154 e. The van der Waals surface area contributed by atoms with E-state index in [-0.39, 0.29) is 30.5 Å². The van der Waals surface area contributed by atoms with Crippen LogP contribution in [-0.4, -0.2) is 90.5 Å². The van der Waals surface area contributed by atoms with Gasteiger partial charge >= 0.3 is 0 Å². The van der Waals surface area contributed by atoms with Gasteiger partial charge in [-0.3, -0.25) is 4.79 Å². The number of fused-ring (bicyclic) bond motifs is 4. The first-order chi connectivity index (χ1) is 22.4. The molecule has 0 spiro atoms. The summed E-state index contributed by atoms with van der Waals surface area (Å²) in [6, 6.07) is 0. The van der Waals surface area contributed by atoms with Crippen molar-refractivity contribution in [1.29, 1.82) is 0 Å². The van der Waals surface area contributed by atoms with E-state index in [9.17, 15) is 40.5 Å². The molecule has 16 unspecified atom stereocenters. The fourth-order valence-corrected chi connectivity index (χ4v) is 12.8. The van der Waals surface area contributed by atoms with Gasteiger partial charge in [-0.1, -0.05) is 26.7 Å². The topological polar surface area (TPSA) is 168 Å². The molecule has 7 N–H and O–H groups in total. The van der Waals surface area contributed by atoms with Crippen LogP contribution in [0.3, 0.4) is 0 Å². The van der Waals surface area contributed by atoms with Crippen LogP contribution in [0, 0.1) is 71.0 Å². The minimum absolute atomic E-state index is 0.0309. The first kappa shape index (κ1) is 36.2. The highest BCUT2D eigenvalue weighted by molar-refractivity contribution is 5.86. The highest BCUT2D eigenvalue weighted by Gasteiger charge is 2.67. The van der Waals surface area contributed by atoms with E-state index in [1.165, 1.54) is 25.7 Å². The van der Waals surface area contributed by atoms with Gasteiger partial charge in [-0.25, -0.2) is 0 Å². The highest BCUT2D eigenvalue weighted by atomic mass is 16.6. The average Bonchev–Trinajstić information content (AvgIpc) is 3.03. The van der Waals surface area contributed by atoms with Crippen LogP contribution in [0.15, 0.2) is 0 Å². The molecule has 270 valence electrons. The normalized spacial score (nSPS) is 50.3. The van der Waals surface area contributed by atoms with E-state index < -0.39 is 66.1 Å². The number of aliphatic hydroxyl groups excluding tert-OH is 6. The Kier molecular flexibility index (Phi) is 11.2. The number of aliphatic hydroxyl groups is 7. The van der Waals surface area contributed by atoms with Gasteiger partial charge < -0.3 is 40.5 Å². The Hall–Kier alpha value is -0.650. The fourth-order valence-electron chi connectivity index (χ4n) is 12.8. The van der Waals surface area contributed by atoms with Crippen molar-refractivity contribution < 1.29 is 45.3 Å². The first-order valence-electron chi connectivity index (χ1n) is 19.4. The number of ether oxygens (including phenoxy) is 1. The van der Waals surface area contributed by atoms with Crippen LogP contribution in [0.2, 0.25) is 0 Å². The third-order valence-electron chi connectivity index (χ3n) is 14.8. The number of rotatable bonds is 9. The lowest BCUT2D eigenvalue weighted by molar-refractivity contribution is -0.277. The Bertz CT molecular complexity index is 1070. The van der Waals surface area contributed by atoms with Gasteiger partial charge in [-0.05, 0) is 131 Å². The van der Waals surface area contributed by atoms with E-state index in [0.29, 0.717) is 67.8 Å². The molecule has 6 saturated carbocycles. The summed E-state index contributed by atoms with van der Waals surface area (Å²) >= 11 is 0. The second kappa shape index (κ2) is 14.5. The van der Waals surface area contributed by atoms with Crippen molar-refractivity contribution in [1.82, 2.24) is 0 Å². The van der Waals surface area contributed by atoms with Gasteiger partial charge in [-0.15, -0.1) is 0 Å². The largest absolute Gasteiger partial charge is 0.393 e. The Balaban J connectivity index is 1.21. The van der Waals surface area contributed by atoms with Gasteiger partial charge in [0.15, 0.2) is 6.29 Å². The van der Waals surface area contributed by atoms with Crippen LogP contribution >= 0.6 is 0 Å². The fraction of sp³-hybridized carbons (Fsp3) is 0.974. The highest BCUT2D eigenvalue weighted by Crippen LogP contribution is 2.61. The van der Waals surface area contributed by atoms with E-state index in [4.69, 9.17) is 4.74 Å². The quantitative estimate of drug-likeness (QED) is 0.183. The third kappa shape index (κ3) is 6.41. The molecular weight excluding hydrogens is 600 g/mol. The Morgan fingerprint density at radius 2 is 1.45 bits per heavy atom. The molecule has 0 heterocycles. The van der Waals surface area contributed by atoms with E-state index in [1.807, 2.05) is 6.92 Å². The average molecular weight is 665 g/mol. The summed E-state index contributed by atoms with van der Waals surface area (Å²) in [7, 11) is 0. The molecule has 0 aliphatic heterocycles. The van der Waals surface area contributed by atoms with Gasteiger partial charge in [0.1, 0.15) is 11.4 Å². The van der Waals surface area contributed by atoms with E-state index >= 15 is 0 Å². The maximum atomic E-state index is 14.5. The summed E-state index contributed by atoms with van der Waals surface area (Å²) in [5.41, 5.74) is -1.99. The molecule has 6 aliphatic rings. The van der Waals surface area contributed by atoms with Crippen molar-refractivity contribution >= 4 is 5.78 Å². The minimum atomic E-state index is -1.99. The van der Waals surface area contributed by atoms with Crippen LogP contribution in [-0.2, 0) is 9.53 Å². The van der Waals surface area contributed by atoms with Crippen LogP contribution in [0.25, 0.3) is 0 Å². The second-order valence-corrected chi connectivity index (χ2v) is 17.1. The van der Waals surface area contributed by atoms with Crippen LogP contribution in [0.5, 0.6) is 0 Å². The molecule has 6 rings (SSSR count). The molecule has 19 atom stereocenters. The molecule has 0 aromatic heterocycles. The summed E-state index contributed by atoms with van der Waals surface area (Å²) in [6.07, 6.45) is 5.50. The zero-order chi connectivity index (χ0) is 33.8. The zero-order valence-corrected chi connectivity index (χ0v) is 28.9. The lowest BCUT2D eigenvalue weighted by Gasteiger charge is -2.61. The molecule has 0 amide bonds. The number of carbonyl (C=O) groups is 1. The minimum Gasteiger partial charge on any atom is -0.393 e. The van der Waals surface area contributed by atoms with Gasteiger partial charge in [-0.2, -0.15) is 0 Å². The molecular formula is C38H64O9. The first-order valence-corrected chi connectivity index (χ1v) is 19.4. The maximum absolute atomic E-state index is 14.5. The number of Topliss-reactive ketones (excluding diaryl/α,β-unsaturated/α-hetero) is 1. The molecule has 9 heteroatoms. The van der Waals surface area contributed by atoms with E-state index in [2.05, 4.69) is 6.92 Å². The monoisotopic (exact) mass is 664 g/mol. The Morgan fingerprint density at radius 1 is 0.787 bits per heavy atom. The lowest BCUT2D eigenvalue weighted by Crippen LogP contribution is -2.73. The molecule has 0 radical (unpaired) electrons. The summed E-state index contributed by atoms with van der Waals surface area (Å²) in [4.78, 5) is 14.5. The van der Waals surface area contributed by atoms with Crippen molar-refractivity contribution in [2.24, 2.45) is 71.0 Å². The standard InChI is InChI=1S/C38H64O9/c1-4-28(39)34-30(41)18-22-16-21-17-27-26(12-13-29(40)33(27)35(43)32(21)36(44)38(22,46)37(34)45)25-11-10-20(23-8-6-7-9-24(23)25)14-19(3)15-31(42)47-5-2/h19-34,36-37,39-42,44-46H,4-18H2,1-3H3/t19?,20?,21-,22+,23?,24?,25?,26?,27?,28?,29?,30?,31?,32?,33?,34?,36?,37?,38+/m1/s1. The number of hydrogen-bond acceptors (Lipinski definition) is 9. The zero-order valence-electron chi connectivity index (χ0n) is 28.9. The van der Waals surface area contributed by atoms with Gasteiger partial charge in [0.05, 0.1) is 30.5 Å². The molecule has 6 aliphatic carbocycles. The van der Waals surface area contributed by atoms with Crippen molar-refractivity contribution in [3.05, 3.63) is 0 Å². The molecule has 0 aromatic carbocycles. The molecule has 0 bridgehead atoms. The summed E-state index contributed by atoms with van der Waals surface area (Å²) < 4.78 is 5.42. The van der Waals surface area contributed by atoms with E-state index in [0.717, 1.165) is 25.7 Å². The Labute approximate surface area is 281 Å². The van der Waals surface area contributed by atoms with Crippen molar-refractivity contribution in [2.45, 2.75) is 153 Å². The van der Waals surface area contributed by atoms with Gasteiger partial charge in [0.2, 0.25) is 0 Å². The molecule has 0 saturated heterocycles. The summed E-state index contributed by atoms with van der Waals surface area (Å²) in [5, 5.41) is 78.4. The summed E-state index contributed by atoms with van der Waals surface area (Å²) in [6.45, 7) is 6.41. The Morgan fingerprint density at radius 3 is 2.15 bits per heavy atom. The second-order valence-electron chi connectivity index (χ2n) is 17.1. The predicted octanol–water partition coefficient (Wildman–Crippen LogP) is 3.42. The van der Waals surface area contributed by atoms with Crippen molar-refractivity contribution in [2.75, 3.05) is 6.61 Å². The van der Waals surface area contributed by atoms with Gasteiger partial charge in [0, 0.05) is 30.8 Å². The number of carbonyl (C=O) groups excluding carboxylic acids is 1. The molecule has 6 fully saturated rings. The van der Waals surface area contributed by atoms with Crippen molar-refractivity contribution in [3.63, 3.8) is 0 Å². The van der Waals surface area contributed by atoms with Gasteiger partial charge in [0.25, 0.3) is 0 Å². The third-order valence-corrected chi connectivity index (χ3v) is 14.8.